The molecule has 0 aliphatic carbocycles. The second-order valence-electron chi connectivity index (χ2n) is 9.25. The molecule has 0 saturated carbocycles. The van der Waals surface area contributed by atoms with Crippen molar-refractivity contribution < 1.29 is 23.1 Å². The number of aromatic carboxylic acids is 1. The van der Waals surface area contributed by atoms with Crippen LogP contribution < -0.4 is 10.0 Å². The fourth-order valence-electron chi connectivity index (χ4n) is 3.37. The van der Waals surface area contributed by atoms with E-state index in [1.165, 1.54) is 12.5 Å². The van der Waals surface area contributed by atoms with Crippen molar-refractivity contribution in [3.05, 3.63) is 70.8 Å². The topological polar surface area (TPSA) is 130 Å². The average Bonchev–Trinajstić information content (AvgIpc) is 3.19. The fourth-order valence-corrected chi connectivity index (χ4v) is 3.98. The summed E-state index contributed by atoms with van der Waals surface area (Å²) in [6.07, 6.45) is 3.84. The van der Waals surface area contributed by atoms with Crippen molar-refractivity contribution in [2.75, 3.05) is 16.3 Å². The van der Waals surface area contributed by atoms with Crippen molar-refractivity contribution in [3.63, 3.8) is 0 Å². The number of anilines is 2. The van der Waals surface area contributed by atoms with E-state index in [1.807, 2.05) is 33.8 Å². The van der Waals surface area contributed by atoms with E-state index in [0.29, 0.717) is 28.2 Å². The monoisotopic (exact) mass is 484 g/mol. The number of carbonyl (C=O) groups excluding carboxylic acids is 1. The van der Waals surface area contributed by atoms with Crippen LogP contribution in [-0.4, -0.2) is 41.2 Å². The van der Waals surface area contributed by atoms with E-state index in [-0.39, 0.29) is 17.0 Å². The Balaban J connectivity index is 2.00. The number of nitrogens with zero attached hydrogens (tertiary/aromatic N) is 2. The summed E-state index contributed by atoms with van der Waals surface area (Å²) in [5.41, 5.74) is 3.73. The molecule has 0 aliphatic heterocycles. The van der Waals surface area contributed by atoms with Crippen LogP contribution in [0.5, 0.6) is 0 Å². The van der Waals surface area contributed by atoms with Gasteiger partial charge in [-0.15, -0.1) is 0 Å². The zero-order valence-corrected chi connectivity index (χ0v) is 20.7. The molecule has 0 bridgehead atoms. The van der Waals surface area contributed by atoms with Crippen LogP contribution in [0, 0.1) is 13.8 Å². The van der Waals surface area contributed by atoms with Crippen molar-refractivity contribution in [1.82, 2.24) is 9.55 Å². The molecular formula is C24H28N4O5S. The quantitative estimate of drug-likeness (QED) is 0.483. The van der Waals surface area contributed by atoms with Gasteiger partial charge in [-0.3, -0.25) is 9.52 Å². The molecule has 0 aliphatic rings. The third-order valence-electron chi connectivity index (χ3n) is 5.37. The third-order valence-corrected chi connectivity index (χ3v) is 5.96. The number of carboxylic acid groups (broad SMARTS) is 1. The molecule has 1 amide bonds. The molecule has 9 nitrogen and oxygen atoms in total. The number of aromatic nitrogens is 2. The summed E-state index contributed by atoms with van der Waals surface area (Å²) < 4.78 is 27.8. The highest BCUT2D eigenvalue weighted by Crippen LogP contribution is 2.33. The molecule has 3 rings (SSSR count). The van der Waals surface area contributed by atoms with Gasteiger partial charge in [0.1, 0.15) is 6.33 Å². The number of hydrogen-bond acceptors (Lipinski definition) is 5. The molecule has 1 heterocycles. The van der Waals surface area contributed by atoms with Gasteiger partial charge < -0.3 is 15.0 Å². The third kappa shape index (κ3) is 5.63. The number of carboxylic acids is 1. The van der Waals surface area contributed by atoms with E-state index >= 15 is 0 Å². The predicted octanol–water partition coefficient (Wildman–Crippen LogP) is 4.11. The SMILES string of the molecule is Cc1ccc(C(=O)Nc2cc(C(C)(C)C)cc(NS(C)(=O)=O)c2C)cc1-n1cnc(C(=O)O)c1. The Morgan fingerprint density at radius 1 is 1.06 bits per heavy atom. The molecule has 180 valence electrons. The van der Waals surface area contributed by atoms with Gasteiger partial charge in [0.05, 0.1) is 17.6 Å². The Morgan fingerprint density at radius 3 is 2.26 bits per heavy atom. The Morgan fingerprint density at radius 2 is 1.71 bits per heavy atom. The fraction of sp³-hybridized carbons (Fsp3) is 0.292. The number of imidazole rings is 1. The number of amides is 1. The summed E-state index contributed by atoms with van der Waals surface area (Å²) >= 11 is 0. The van der Waals surface area contributed by atoms with Gasteiger partial charge in [0.25, 0.3) is 5.91 Å². The molecule has 3 aromatic rings. The Kier molecular flexibility index (Phi) is 6.57. The van der Waals surface area contributed by atoms with Gasteiger partial charge in [0, 0.05) is 17.4 Å². The largest absolute Gasteiger partial charge is 0.476 e. The lowest BCUT2D eigenvalue weighted by atomic mass is 9.85. The first-order chi connectivity index (χ1) is 15.7. The number of nitrogens with one attached hydrogen (secondary N) is 2. The van der Waals surface area contributed by atoms with Crippen LogP contribution in [0.3, 0.4) is 0 Å². The highest BCUT2D eigenvalue weighted by molar-refractivity contribution is 7.92. The molecule has 34 heavy (non-hydrogen) atoms. The molecule has 3 N–H and O–H groups in total. The summed E-state index contributed by atoms with van der Waals surface area (Å²) in [6.45, 7) is 9.56. The number of hydrogen-bond donors (Lipinski definition) is 3. The van der Waals surface area contributed by atoms with Crippen LogP contribution in [0.1, 0.15) is 58.3 Å². The Hall–Kier alpha value is -3.66. The van der Waals surface area contributed by atoms with Crippen LogP contribution >= 0.6 is 0 Å². The van der Waals surface area contributed by atoms with Crippen molar-refractivity contribution in [1.29, 1.82) is 0 Å². The van der Waals surface area contributed by atoms with Crippen LogP contribution in [0.25, 0.3) is 5.69 Å². The van der Waals surface area contributed by atoms with Crippen LogP contribution in [-0.2, 0) is 15.4 Å². The summed E-state index contributed by atoms with van der Waals surface area (Å²) in [4.78, 5) is 28.2. The van der Waals surface area contributed by atoms with Gasteiger partial charge in [-0.2, -0.15) is 0 Å². The lowest BCUT2D eigenvalue weighted by Gasteiger charge is -2.23. The summed E-state index contributed by atoms with van der Waals surface area (Å²) in [7, 11) is -3.52. The van der Waals surface area contributed by atoms with Gasteiger partial charge in [-0.05, 0) is 60.2 Å². The lowest BCUT2D eigenvalue weighted by Crippen LogP contribution is -2.18. The van der Waals surface area contributed by atoms with E-state index in [9.17, 15) is 18.0 Å². The molecule has 1 aromatic heterocycles. The van der Waals surface area contributed by atoms with Crippen molar-refractivity contribution >= 4 is 33.3 Å². The Bertz CT molecular complexity index is 1380. The highest BCUT2D eigenvalue weighted by Gasteiger charge is 2.20. The number of aryl methyl sites for hydroxylation is 1. The Labute approximate surface area is 198 Å². The molecule has 10 heteroatoms. The molecule has 0 spiro atoms. The van der Waals surface area contributed by atoms with Gasteiger partial charge >= 0.3 is 5.97 Å². The van der Waals surface area contributed by atoms with Crippen LogP contribution in [0.2, 0.25) is 0 Å². The number of benzene rings is 2. The molecular weight excluding hydrogens is 456 g/mol. The smallest absolute Gasteiger partial charge is 0.356 e. The minimum Gasteiger partial charge on any atom is -0.476 e. The van der Waals surface area contributed by atoms with E-state index < -0.39 is 16.0 Å². The first-order valence-corrected chi connectivity index (χ1v) is 12.4. The van der Waals surface area contributed by atoms with Crippen molar-refractivity contribution in [2.45, 2.75) is 40.0 Å². The molecule has 0 atom stereocenters. The van der Waals surface area contributed by atoms with Crippen LogP contribution in [0.15, 0.2) is 42.9 Å². The maximum Gasteiger partial charge on any atom is 0.356 e. The molecule has 0 saturated heterocycles. The highest BCUT2D eigenvalue weighted by atomic mass is 32.2. The van der Waals surface area contributed by atoms with Gasteiger partial charge in [-0.25, -0.2) is 18.2 Å². The minimum absolute atomic E-state index is 0.102. The van der Waals surface area contributed by atoms with Crippen LogP contribution in [0.4, 0.5) is 11.4 Å². The lowest BCUT2D eigenvalue weighted by molar-refractivity contribution is 0.0690. The van der Waals surface area contributed by atoms with Crippen molar-refractivity contribution in [3.8, 4) is 5.69 Å². The van der Waals surface area contributed by atoms with E-state index in [2.05, 4.69) is 15.0 Å². The summed E-state index contributed by atoms with van der Waals surface area (Å²) in [6, 6.07) is 8.69. The zero-order valence-electron chi connectivity index (χ0n) is 19.9. The number of carbonyl (C=O) groups is 2. The van der Waals surface area contributed by atoms with E-state index in [0.717, 1.165) is 17.4 Å². The predicted molar refractivity (Wildman–Crippen MR) is 132 cm³/mol. The molecule has 0 unspecified atom stereocenters. The second kappa shape index (κ2) is 8.94. The maximum atomic E-state index is 13.2. The molecule has 0 radical (unpaired) electrons. The molecule has 2 aromatic carbocycles. The molecule has 0 fully saturated rings. The number of rotatable bonds is 6. The van der Waals surface area contributed by atoms with Gasteiger partial charge in [0.2, 0.25) is 10.0 Å². The number of sulfonamides is 1. The minimum atomic E-state index is -3.52. The van der Waals surface area contributed by atoms with E-state index in [1.54, 1.807) is 35.8 Å². The first kappa shape index (κ1) is 25.0. The van der Waals surface area contributed by atoms with Gasteiger partial charge in [-0.1, -0.05) is 26.8 Å². The van der Waals surface area contributed by atoms with Gasteiger partial charge in [0.15, 0.2) is 5.69 Å². The second-order valence-corrected chi connectivity index (χ2v) is 11.0. The average molecular weight is 485 g/mol. The zero-order chi connectivity index (χ0) is 25.4. The maximum absolute atomic E-state index is 13.2. The first-order valence-electron chi connectivity index (χ1n) is 10.5. The van der Waals surface area contributed by atoms with Crippen molar-refractivity contribution in [2.24, 2.45) is 0 Å². The normalized spacial score (nSPS) is 11.8. The summed E-state index contributed by atoms with van der Waals surface area (Å²) in [5, 5.41) is 12.0. The van der Waals surface area contributed by atoms with E-state index in [4.69, 9.17) is 5.11 Å². The summed E-state index contributed by atoms with van der Waals surface area (Å²) in [5.74, 6) is -1.53. The standard InChI is InChI=1S/C24H28N4O5S/c1-14-7-8-16(9-21(14)28-12-20(23(30)31)25-13-28)22(29)26-18-10-17(24(3,4)5)11-19(15(18)2)27-34(6,32)33/h7-13,27H,1-6H3,(H,26,29)(H,30,31).